The summed E-state index contributed by atoms with van der Waals surface area (Å²) in [7, 11) is 0. The molecule has 0 saturated carbocycles. The van der Waals surface area contributed by atoms with Gasteiger partial charge in [-0.2, -0.15) is 0 Å². The third kappa shape index (κ3) is 1.88. The maximum Gasteiger partial charge on any atom is 0.0502 e. The standard InChI is InChI=1S/C19H16N2/c20-17-10-4-1-7-14(17)13-21-18-11-5-2-8-15(18)16-9-3-6-12-19(16)21/h1-12H,13,20H2. The molecule has 21 heavy (non-hydrogen) atoms. The van der Waals surface area contributed by atoms with E-state index in [0.717, 1.165) is 17.8 Å². The molecule has 0 amide bonds. The average Bonchev–Trinajstić information content (AvgIpc) is 2.85. The topological polar surface area (TPSA) is 30.9 Å². The number of hydrogen-bond donors (Lipinski definition) is 1. The number of nitrogen functional groups attached to an aromatic ring is 1. The van der Waals surface area contributed by atoms with E-state index >= 15 is 0 Å². The highest BCUT2D eigenvalue weighted by Crippen LogP contribution is 2.29. The summed E-state index contributed by atoms with van der Waals surface area (Å²) in [5.74, 6) is 0. The van der Waals surface area contributed by atoms with Crippen molar-refractivity contribution in [3.63, 3.8) is 0 Å². The number of rotatable bonds is 2. The third-order valence-electron chi connectivity index (χ3n) is 4.06. The molecule has 3 aromatic carbocycles. The molecule has 0 spiro atoms. The summed E-state index contributed by atoms with van der Waals surface area (Å²) >= 11 is 0. The summed E-state index contributed by atoms with van der Waals surface area (Å²) in [6, 6.07) is 25.2. The van der Waals surface area contributed by atoms with Gasteiger partial charge in [-0.1, -0.05) is 54.6 Å². The number of nitrogens with zero attached hydrogens (tertiary/aromatic N) is 1. The lowest BCUT2D eigenvalue weighted by molar-refractivity contribution is 0.871. The Kier molecular flexibility index (Phi) is 2.68. The Bertz CT molecular complexity index is 881. The van der Waals surface area contributed by atoms with Crippen molar-refractivity contribution in [2.24, 2.45) is 0 Å². The molecule has 2 nitrogen and oxygen atoms in total. The van der Waals surface area contributed by atoms with Crippen LogP contribution < -0.4 is 5.73 Å². The molecule has 2 heteroatoms. The Balaban J connectivity index is 2.00. The summed E-state index contributed by atoms with van der Waals surface area (Å²) in [6.45, 7) is 0.792. The van der Waals surface area contributed by atoms with E-state index in [4.69, 9.17) is 5.73 Å². The quantitative estimate of drug-likeness (QED) is 0.538. The predicted octanol–water partition coefficient (Wildman–Crippen LogP) is 4.43. The summed E-state index contributed by atoms with van der Waals surface area (Å²) in [5.41, 5.74) is 10.6. The third-order valence-corrected chi connectivity index (χ3v) is 4.06. The van der Waals surface area contributed by atoms with Crippen molar-refractivity contribution in [3.05, 3.63) is 78.4 Å². The first kappa shape index (κ1) is 12.0. The van der Waals surface area contributed by atoms with Gasteiger partial charge in [0.2, 0.25) is 0 Å². The minimum atomic E-state index is 0.792. The van der Waals surface area contributed by atoms with Gasteiger partial charge in [0.25, 0.3) is 0 Å². The lowest BCUT2D eigenvalue weighted by Crippen LogP contribution is -2.02. The molecule has 0 bridgehead atoms. The number of anilines is 1. The molecule has 1 heterocycles. The molecular weight excluding hydrogens is 256 g/mol. The Labute approximate surface area is 123 Å². The normalized spacial score (nSPS) is 11.2. The maximum absolute atomic E-state index is 6.11. The molecule has 0 aliphatic carbocycles. The van der Waals surface area contributed by atoms with E-state index in [-0.39, 0.29) is 0 Å². The van der Waals surface area contributed by atoms with E-state index in [2.05, 4.69) is 59.2 Å². The average molecular weight is 272 g/mol. The van der Waals surface area contributed by atoms with Gasteiger partial charge in [-0.25, -0.2) is 0 Å². The molecule has 0 fully saturated rings. The van der Waals surface area contributed by atoms with E-state index in [1.165, 1.54) is 21.8 Å². The molecule has 0 aliphatic heterocycles. The van der Waals surface area contributed by atoms with Crippen molar-refractivity contribution < 1.29 is 0 Å². The molecule has 0 atom stereocenters. The zero-order chi connectivity index (χ0) is 14.2. The number of para-hydroxylation sites is 3. The Morgan fingerprint density at radius 1 is 0.667 bits per heavy atom. The Hall–Kier alpha value is -2.74. The molecular formula is C19H16N2. The van der Waals surface area contributed by atoms with Crippen LogP contribution >= 0.6 is 0 Å². The van der Waals surface area contributed by atoms with Crippen molar-refractivity contribution in [1.29, 1.82) is 0 Å². The molecule has 0 unspecified atom stereocenters. The van der Waals surface area contributed by atoms with Crippen LogP contribution in [0.1, 0.15) is 5.56 Å². The molecule has 102 valence electrons. The summed E-state index contributed by atoms with van der Waals surface area (Å²) in [5, 5.41) is 2.59. The molecule has 1 aromatic heterocycles. The highest BCUT2D eigenvalue weighted by Gasteiger charge is 2.10. The second-order valence-electron chi connectivity index (χ2n) is 5.32. The first-order valence-corrected chi connectivity index (χ1v) is 7.14. The van der Waals surface area contributed by atoms with Crippen molar-refractivity contribution in [2.45, 2.75) is 6.54 Å². The van der Waals surface area contributed by atoms with Gasteiger partial charge in [-0.3, -0.25) is 0 Å². The van der Waals surface area contributed by atoms with Gasteiger partial charge in [-0.15, -0.1) is 0 Å². The molecule has 4 rings (SSSR count). The van der Waals surface area contributed by atoms with Crippen LogP contribution in [0.2, 0.25) is 0 Å². The van der Waals surface area contributed by atoms with E-state index in [1.807, 2.05) is 18.2 Å². The molecule has 2 N–H and O–H groups in total. The number of nitrogens with two attached hydrogens (primary N) is 1. The van der Waals surface area contributed by atoms with Gasteiger partial charge in [0.05, 0.1) is 6.54 Å². The number of aromatic nitrogens is 1. The van der Waals surface area contributed by atoms with Crippen molar-refractivity contribution in [2.75, 3.05) is 5.73 Å². The van der Waals surface area contributed by atoms with Crippen molar-refractivity contribution in [3.8, 4) is 0 Å². The van der Waals surface area contributed by atoms with Crippen LogP contribution in [0.4, 0.5) is 5.69 Å². The summed E-state index contributed by atoms with van der Waals surface area (Å²) in [4.78, 5) is 0. The van der Waals surface area contributed by atoms with Crippen LogP contribution in [0, 0.1) is 0 Å². The minimum absolute atomic E-state index is 0.792. The van der Waals surface area contributed by atoms with E-state index in [0.29, 0.717) is 0 Å². The van der Waals surface area contributed by atoms with Gasteiger partial charge in [0, 0.05) is 27.5 Å². The number of hydrogen-bond acceptors (Lipinski definition) is 1. The smallest absolute Gasteiger partial charge is 0.0502 e. The fraction of sp³-hybridized carbons (Fsp3) is 0.0526. The number of benzene rings is 3. The minimum Gasteiger partial charge on any atom is -0.398 e. The monoisotopic (exact) mass is 272 g/mol. The zero-order valence-corrected chi connectivity index (χ0v) is 11.7. The summed E-state index contributed by atoms with van der Waals surface area (Å²) < 4.78 is 2.34. The predicted molar refractivity (Wildman–Crippen MR) is 89.4 cm³/mol. The highest BCUT2D eigenvalue weighted by molar-refractivity contribution is 6.08. The Morgan fingerprint density at radius 2 is 1.19 bits per heavy atom. The SMILES string of the molecule is Nc1ccccc1Cn1c2ccccc2c2ccccc21. The second-order valence-corrected chi connectivity index (χ2v) is 5.32. The fourth-order valence-electron chi connectivity index (χ4n) is 3.02. The first-order valence-electron chi connectivity index (χ1n) is 7.14. The van der Waals surface area contributed by atoms with Gasteiger partial charge in [0.15, 0.2) is 0 Å². The largest absolute Gasteiger partial charge is 0.398 e. The van der Waals surface area contributed by atoms with Crippen molar-refractivity contribution >= 4 is 27.5 Å². The lowest BCUT2D eigenvalue weighted by atomic mass is 10.2. The van der Waals surface area contributed by atoms with Crippen molar-refractivity contribution in [1.82, 2.24) is 4.57 Å². The Morgan fingerprint density at radius 3 is 1.81 bits per heavy atom. The van der Waals surface area contributed by atoms with Gasteiger partial charge in [0.1, 0.15) is 0 Å². The van der Waals surface area contributed by atoms with Crippen LogP contribution in [0.15, 0.2) is 72.8 Å². The van der Waals surface area contributed by atoms with E-state index in [9.17, 15) is 0 Å². The summed E-state index contributed by atoms with van der Waals surface area (Å²) in [6.07, 6.45) is 0. The molecule has 0 radical (unpaired) electrons. The zero-order valence-electron chi connectivity index (χ0n) is 11.7. The van der Waals surface area contributed by atoms with Crippen LogP contribution in [0.3, 0.4) is 0 Å². The molecule has 0 saturated heterocycles. The van der Waals surface area contributed by atoms with Gasteiger partial charge in [-0.05, 0) is 23.8 Å². The molecule has 0 aliphatic rings. The van der Waals surface area contributed by atoms with Gasteiger partial charge >= 0.3 is 0 Å². The lowest BCUT2D eigenvalue weighted by Gasteiger charge is -2.10. The fourth-order valence-corrected chi connectivity index (χ4v) is 3.02. The highest BCUT2D eigenvalue weighted by atomic mass is 15.0. The number of fused-ring (bicyclic) bond motifs is 3. The van der Waals surface area contributed by atoms with Crippen LogP contribution in [-0.4, -0.2) is 4.57 Å². The molecule has 4 aromatic rings. The van der Waals surface area contributed by atoms with Crippen LogP contribution in [-0.2, 0) is 6.54 Å². The van der Waals surface area contributed by atoms with Crippen LogP contribution in [0.5, 0.6) is 0 Å². The maximum atomic E-state index is 6.11. The van der Waals surface area contributed by atoms with Crippen LogP contribution in [0.25, 0.3) is 21.8 Å². The van der Waals surface area contributed by atoms with E-state index < -0.39 is 0 Å². The second kappa shape index (κ2) is 4.67. The first-order chi connectivity index (χ1) is 10.3. The van der Waals surface area contributed by atoms with E-state index in [1.54, 1.807) is 0 Å². The van der Waals surface area contributed by atoms with Gasteiger partial charge < -0.3 is 10.3 Å².